The van der Waals surface area contributed by atoms with Crippen molar-refractivity contribution in [2.45, 2.75) is 25.4 Å². The van der Waals surface area contributed by atoms with E-state index in [0.29, 0.717) is 39.8 Å². The molecule has 1 saturated heterocycles. The van der Waals surface area contributed by atoms with Crippen LogP contribution in [0.3, 0.4) is 0 Å². The standard InChI is InChI=1S/C26H24Cl2N2O2/c1-16-7-3-5-9-19(16)24(31)23-14-29-15-26(30-23,18-11-12-21(27)22(28)13-18)25(32)20-10-6-4-8-17(20)2/h3-13,23,29-30H,14-15H2,1-2H3. The van der Waals surface area contributed by atoms with Crippen LogP contribution in [0.15, 0.2) is 66.7 Å². The van der Waals surface area contributed by atoms with Gasteiger partial charge in [0.05, 0.1) is 16.1 Å². The minimum absolute atomic E-state index is 0.0580. The number of carbonyl (C=O) groups is 2. The summed E-state index contributed by atoms with van der Waals surface area (Å²) in [5.74, 6) is -0.180. The fourth-order valence-corrected chi connectivity index (χ4v) is 4.58. The van der Waals surface area contributed by atoms with Crippen LogP contribution in [-0.2, 0) is 5.54 Å². The predicted molar refractivity (Wildman–Crippen MR) is 129 cm³/mol. The van der Waals surface area contributed by atoms with Crippen LogP contribution in [0, 0.1) is 13.8 Å². The molecule has 2 atom stereocenters. The van der Waals surface area contributed by atoms with Gasteiger partial charge in [-0.15, -0.1) is 0 Å². The van der Waals surface area contributed by atoms with Gasteiger partial charge < -0.3 is 5.32 Å². The van der Waals surface area contributed by atoms with Crippen molar-refractivity contribution in [2.75, 3.05) is 13.1 Å². The van der Waals surface area contributed by atoms with Gasteiger partial charge in [-0.25, -0.2) is 0 Å². The Labute approximate surface area is 197 Å². The summed E-state index contributed by atoms with van der Waals surface area (Å²) in [7, 11) is 0. The third-order valence-corrected chi connectivity index (χ3v) is 6.82. The van der Waals surface area contributed by atoms with Crippen LogP contribution in [0.5, 0.6) is 0 Å². The Hall–Kier alpha value is -2.50. The molecule has 0 saturated carbocycles. The van der Waals surface area contributed by atoms with Gasteiger partial charge in [0.15, 0.2) is 11.6 Å². The monoisotopic (exact) mass is 466 g/mol. The van der Waals surface area contributed by atoms with Crippen LogP contribution in [-0.4, -0.2) is 30.7 Å². The quantitative estimate of drug-likeness (QED) is 0.511. The molecule has 2 N–H and O–H groups in total. The fourth-order valence-electron chi connectivity index (χ4n) is 4.28. The molecule has 32 heavy (non-hydrogen) atoms. The van der Waals surface area contributed by atoms with Crippen molar-refractivity contribution in [1.82, 2.24) is 10.6 Å². The van der Waals surface area contributed by atoms with Crippen LogP contribution in [0.25, 0.3) is 0 Å². The van der Waals surface area contributed by atoms with Gasteiger partial charge >= 0.3 is 0 Å². The maximum absolute atomic E-state index is 14.0. The summed E-state index contributed by atoms with van der Waals surface area (Å²) in [6.07, 6.45) is 0. The molecule has 0 bridgehead atoms. The molecule has 1 aliphatic rings. The number of piperazine rings is 1. The molecule has 0 aliphatic carbocycles. The van der Waals surface area contributed by atoms with Crippen molar-refractivity contribution in [2.24, 2.45) is 0 Å². The number of rotatable bonds is 5. The lowest BCUT2D eigenvalue weighted by Crippen LogP contribution is -2.67. The van der Waals surface area contributed by atoms with Crippen LogP contribution >= 0.6 is 23.2 Å². The average molecular weight is 467 g/mol. The first-order chi connectivity index (χ1) is 15.3. The van der Waals surface area contributed by atoms with E-state index in [0.717, 1.165) is 11.1 Å². The highest BCUT2D eigenvalue weighted by Crippen LogP contribution is 2.34. The molecule has 1 heterocycles. The number of ketones is 2. The summed E-state index contributed by atoms with van der Waals surface area (Å²) in [5.41, 5.74) is 2.48. The molecule has 0 radical (unpaired) electrons. The van der Waals surface area contributed by atoms with Crippen molar-refractivity contribution in [3.8, 4) is 0 Å². The van der Waals surface area contributed by atoms with E-state index in [9.17, 15) is 9.59 Å². The summed E-state index contributed by atoms with van der Waals surface area (Å²) >= 11 is 12.5. The third-order valence-electron chi connectivity index (χ3n) is 6.08. The van der Waals surface area contributed by atoms with E-state index in [4.69, 9.17) is 23.2 Å². The molecule has 1 aliphatic heterocycles. The summed E-state index contributed by atoms with van der Waals surface area (Å²) < 4.78 is 0. The molecule has 2 unspecified atom stereocenters. The molecule has 4 nitrogen and oxygen atoms in total. The van der Waals surface area contributed by atoms with Gasteiger partial charge in [-0.1, -0.05) is 77.8 Å². The summed E-state index contributed by atoms with van der Waals surface area (Å²) in [5, 5.41) is 7.50. The Morgan fingerprint density at radius 1 is 0.875 bits per heavy atom. The predicted octanol–water partition coefficient (Wildman–Crippen LogP) is 5.13. The number of nitrogens with one attached hydrogen (secondary N) is 2. The van der Waals surface area contributed by atoms with Gasteiger partial charge in [-0.2, -0.15) is 0 Å². The lowest BCUT2D eigenvalue weighted by molar-refractivity contribution is 0.0751. The van der Waals surface area contributed by atoms with E-state index >= 15 is 0 Å². The van der Waals surface area contributed by atoms with E-state index in [1.165, 1.54) is 0 Å². The summed E-state index contributed by atoms with van der Waals surface area (Å²) in [4.78, 5) is 27.4. The molecule has 1 fully saturated rings. The van der Waals surface area contributed by atoms with E-state index in [1.807, 2.05) is 62.4 Å². The number of carbonyl (C=O) groups excluding carboxylic acids is 2. The van der Waals surface area contributed by atoms with Crippen molar-refractivity contribution in [3.05, 3.63) is 105 Å². The largest absolute Gasteiger partial charge is 0.312 e. The van der Waals surface area contributed by atoms with Gasteiger partial charge in [0.1, 0.15) is 5.54 Å². The highest BCUT2D eigenvalue weighted by atomic mass is 35.5. The molecular formula is C26H24Cl2N2O2. The highest BCUT2D eigenvalue weighted by molar-refractivity contribution is 6.42. The van der Waals surface area contributed by atoms with Crippen molar-refractivity contribution >= 4 is 34.8 Å². The lowest BCUT2D eigenvalue weighted by Gasteiger charge is -2.42. The van der Waals surface area contributed by atoms with Crippen LogP contribution < -0.4 is 10.6 Å². The number of halogens is 2. The Bertz CT molecular complexity index is 1190. The van der Waals surface area contributed by atoms with Crippen LogP contribution in [0.2, 0.25) is 10.0 Å². The molecule has 0 aromatic heterocycles. The van der Waals surface area contributed by atoms with E-state index in [2.05, 4.69) is 10.6 Å². The maximum atomic E-state index is 14.0. The van der Waals surface area contributed by atoms with E-state index < -0.39 is 11.6 Å². The second-order valence-corrected chi connectivity index (χ2v) is 9.00. The number of aryl methyl sites for hydroxylation is 2. The fraction of sp³-hybridized carbons (Fsp3) is 0.231. The van der Waals surface area contributed by atoms with Crippen LogP contribution in [0.4, 0.5) is 0 Å². The van der Waals surface area contributed by atoms with Gasteiger partial charge in [-0.05, 0) is 42.7 Å². The Morgan fingerprint density at radius 2 is 1.50 bits per heavy atom. The molecule has 164 valence electrons. The molecule has 3 aromatic carbocycles. The van der Waals surface area contributed by atoms with E-state index in [-0.39, 0.29) is 11.6 Å². The van der Waals surface area contributed by atoms with Gasteiger partial charge in [0.2, 0.25) is 0 Å². The Morgan fingerprint density at radius 3 is 2.12 bits per heavy atom. The molecule has 4 rings (SSSR count). The Balaban J connectivity index is 1.81. The molecule has 0 spiro atoms. The molecule has 3 aromatic rings. The smallest absolute Gasteiger partial charge is 0.188 e. The third kappa shape index (κ3) is 4.12. The zero-order valence-electron chi connectivity index (χ0n) is 17.9. The number of benzene rings is 3. The number of hydrogen-bond acceptors (Lipinski definition) is 4. The molecule has 0 amide bonds. The van der Waals surface area contributed by atoms with Crippen molar-refractivity contribution in [3.63, 3.8) is 0 Å². The zero-order valence-corrected chi connectivity index (χ0v) is 19.4. The number of Topliss-reactive ketones (excluding diaryl/α,β-unsaturated/α-hetero) is 2. The second-order valence-electron chi connectivity index (χ2n) is 8.19. The van der Waals surface area contributed by atoms with Gasteiger partial charge in [-0.3, -0.25) is 14.9 Å². The highest BCUT2D eigenvalue weighted by Gasteiger charge is 2.46. The first kappa shape index (κ1) is 22.7. The van der Waals surface area contributed by atoms with Crippen LogP contribution in [0.1, 0.15) is 37.4 Å². The lowest BCUT2D eigenvalue weighted by atomic mass is 9.78. The number of hydrogen-bond donors (Lipinski definition) is 2. The SMILES string of the molecule is Cc1ccccc1C(=O)C1CNCC(C(=O)c2ccccc2C)(c2ccc(Cl)c(Cl)c2)N1. The molecular weight excluding hydrogens is 443 g/mol. The molecule has 6 heteroatoms. The topological polar surface area (TPSA) is 58.2 Å². The summed E-state index contributed by atoms with van der Waals surface area (Å²) in [6.45, 7) is 4.54. The van der Waals surface area contributed by atoms with E-state index in [1.54, 1.807) is 18.2 Å². The normalized spacial score (nSPS) is 20.7. The first-order valence-electron chi connectivity index (χ1n) is 10.5. The summed E-state index contributed by atoms with van der Waals surface area (Å²) in [6, 6.07) is 19.5. The minimum Gasteiger partial charge on any atom is -0.312 e. The van der Waals surface area contributed by atoms with Crippen molar-refractivity contribution in [1.29, 1.82) is 0 Å². The maximum Gasteiger partial charge on any atom is 0.188 e. The van der Waals surface area contributed by atoms with Crippen molar-refractivity contribution < 1.29 is 9.59 Å². The first-order valence-corrected chi connectivity index (χ1v) is 11.2. The van der Waals surface area contributed by atoms with Gasteiger partial charge in [0.25, 0.3) is 0 Å². The zero-order chi connectivity index (χ0) is 22.9. The Kier molecular flexibility index (Phi) is 6.50. The second kappa shape index (κ2) is 9.16. The average Bonchev–Trinajstić information content (AvgIpc) is 2.80. The van der Waals surface area contributed by atoms with Gasteiger partial charge in [0, 0.05) is 24.2 Å². The minimum atomic E-state index is -1.18.